The van der Waals surface area contributed by atoms with Gasteiger partial charge in [-0.3, -0.25) is 9.52 Å². The molecule has 0 saturated carbocycles. The molecule has 0 saturated heterocycles. The topological polar surface area (TPSA) is 72.5 Å². The molecule has 0 unspecified atom stereocenters. The summed E-state index contributed by atoms with van der Waals surface area (Å²) in [5.74, 6) is -5.88. The fourth-order valence-corrected chi connectivity index (χ4v) is 2.45. The summed E-state index contributed by atoms with van der Waals surface area (Å²) in [6, 6.07) is 1.37. The maximum atomic E-state index is 13.3. The van der Waals surface area contributed by atoms with Crippen molar-refractivity contribution < 1.29 is 31.1 Å². The molecule has 0 radical (unpaired) electrons. The van der Waals surface area contributed by atoms with E-state index in [0.717, 1.165) is 13.2 Å². The molecule has 20 heavy (non-hydrogen) atoms. The number of benzene rings is 1. The quantitative estimate of drug-likeness (QED) is 0.642. The van der Waals surface area contributed by atoms with Crippen LogP contribution in [0.15, 0.2) is 12.1 Å². The highest BCUT2D eigenvalue weighted by molar-refractivity contribution is 7.92. The highest BCUT2D eigenvalue weighted by Gasteiger charge is 2.18. The zero-order valence-corrected chi connectivity index (χ0v) is 11.3. The number of halogens is 3. The molecule has 9 heteroatoms. The van der Waals surface area contributed by atoms with Crippen LogP contribution in [0.5, 0.6) is 0 Å². The van der Waals surface area contributed by atoms with Crippen molar-refractivity contribution in [3.63, 3.8) is 0 Å². The number of nitrogens with one attached hydrogen (secondary N) is 1. The summed E-state index contributed by atoms with van der Waals surface area (Å²) in [5.41, 5.74) is -0.693. The minimum Gasteiger partial charge on any atom is -0.469 e. The Kier molecular flexibility index (Phi) is 5.37. The first-order valence-corrected chi connectivity index (χ1v) is 7.13. The zero-order valence-electron chi connectivity index (χ0n) is 10.5. The number of anilines is 1. The summed E-state index contributed by atoms with van der Waals surface area (Å²) < 4.78 is 68.1. The first-order chi connectivity index (χ1) is 9.26. The fourth-order valence-electron chi connectivity index (χ4n) is 1.33. The van der Waals surface area contributed by atoms with Crippen molar-refractivity contribution in [3.05, 3.63) is 29.6 Å². The minimum absolute atomic E-state index is 0.0483. The number of esters is 1. The van der Waals surface area contributed by atoms with E-state index < -0.39 is 44.9 Å². The molecule has 0 fully saturated rings. The Morgan fingerprint density at radius 3 is 2.50 bits per heavy atom. The van der Waals surface area contributed by atoms with E-state index in [0.29, 0.717) is 6.07 Å². The van der Waals surface area contributed by atoms with Crippen LogP contribution in [0.3, 0.4) is 0 Å². The van der Waals surface area contributed by atoms with E-state index in [4.69, 9.17) is 0 Å². The standard InChI is InChI=1S/C11H12F3NO4S/c1-19-9(16)3-2-6-20(17,18)15-8-5-4-7(12)10(13)11(8)14/h4-5,15H,2-3,6H2,1H3. The third-order valence-electron chi connectivity index (χ3n) is 2.32. The second kappa shape index (κ2) is 6.60. The van der Waals surface area contributed by atoms with Crippen molar-refractivity contribution in [2.45, 2.75) is 12.8 Å². The van der Waals surface area contributed by atoms with Gasteiger partial charge in [0.2, 0.25) is 10.0 Å². The normalized spacial score (nSPS) is 11.2. The third kappa shape index (κ3) is 4.41. The van der Waals surface area contributed by atoms with Crippen LogP contribution in [0.2, 0.25) is 0 Å². The molecule has 0 atom stereocenters. The number of sulfonamides is 1. The van der Waals surface area contributed by atoms with Gasteiger partial charge in [0.1, 0.15) is 0 Å². The van der Waals surface area contributed by atoms with Crippen LogP contribution in [0, 0.1) is 17.5 Å². The Morgan fingerprint density at radius 1 is 1.25 bits per heavy atom. The Hall–Kier alpha value is -1.77. The molecule has 0 heterocycles. The number of rotatable bonds is 6. The Bertz CT molecular complexity index is 604. The van der Waals surface area contributed by atoms with Crippen LogP contribution < -0.4 is 4.72 Å². The average Bonchev–Trinajstić information content (AvgIpc) is 2.39. The van der Waals surface area contributed by atoms with Crippen molar-refractivity contribution in [2.24, 2.45) is 0 Å². The van der Waals surface area contributed by atoms with E-state index in [9.17, 15) is 26.4 Å². The number of carbonyl (C=O) groups excluding carboxylic acids is 1. The summed E-state index contributed by atoms with van der Waals surface area (Å²) in [5, 5.41) is 0. The number of ether oxygens (including phenoxy) is 1. The van der Waals surface area contributed by atoms with Gasteiger partial charge in [-0.1, -0.05) is 0 Å². The predicted molar refractivity (Wildman–Crippen MR) is 65.0 cm³/mol. The van der Waals surface area contributed by atoms with E-state index in [1.807, 2.05) is 0 Å². The molecule has 0 aliphatic heterocycles. The van der Waals surface area contributed by atoms with Gasteiger partial charge < -0.3 is 4.74 Å². The molecule has 1 rings (SSSR count). The van der Waals surface area contributed by atoms with E-state index in [2.05, 4.69) is 4.74 Å². The molecule has 1 aromatic carbocycles. The number of carbonyl (C=O) groups is 1. The van der Waals surface area contributed by atoms with Gasteiger partial charge in [-0.15, -0.1) is 0 Å². The Morgan fingerprint density at radius 2 is 1.90 bits per heavy atom. The lowest BCUT2D eigenvalue weighted by Gasteiger charge is -2.09. The number of hydrogen-bond acceptors (Lipinski definition) is 4. The monoisotopic (exact) mass is 311 g/mol. The van der Waals surface area contributed by atoms with Gasteiger partial charge in [-0.05, 0) is 18.6 Å². The van der Waals surface area contributed by atoms with Gasteiger partial charge in [0.25, 0.3) is 0 Å². The van der Waals surface area contributed by atoms with Crippen LogP contribution in [0.25, 0.3) is 0 Å². The van der Waals surface area contributed by atoms with E-state index in [-0.39, 0.29) is 12.8 Å². The molecule has 0 bridgehead atoms. The van der Waals surface area contributed by atoms with E-state index in [1.165, 1.54) is 0 Å². The van der Waals surface area contributed by atoms with Gasteiger partial charge in [-0.2, -0.15) is 0 Å². The van der Waals surface area contributed by atoms with Crippen LogP contribution in [0.1, 0.15) is 12.8 Å². The lowest BCUT2D eigenvalue weighted by Crippen LogP contribution is -2.19. The van der Waals surface area contributed by atoms with Gasteiger partial charge in [-0.25, -0.2) is 21.6 Å². The molecule has 5 nitrogen and oxygen atoms in total. The molecule has 0 aliphatic carbocycles. The number of methoxy groups -OCH3 is 1. The first kappa shape index (κ1) is 16.3. The smallest absolute Gasteiger partial charge is 0.305 e. The molecule has 112 valence electrons. The van der Waals surface area contributed by atoms with Crippen molar-refractivity contribution in [2.75, 3.05) is 17.6 Å². The highest BCUT2D eigenvalue weighted by Crippen LogP contribution is 2.20. The molecule has 0 amide bonds. The lowest BCUT2D eigenvalue weighted by atomic mass is 10.3. The summed E-state index contributed by atoms with van der Waals surface area (Å²) in [7, 11) is -2.82. The van der Waals surface area contributed by atoms with E-state index >= 15 is 0 Å². The second-order valence-electron chi connectivity index (χ2n) is 3.82. The second-order valence-corrected chi connectivity index (χ2v) is 5.67. The SMILES string of the molecule is COC(=O)CCCS(=O)(=O)Nc1ccc(F)c(F)c1F. The highest BCUT2D eigenvalue weighted by atomic mass is 32.2. The van der Waals surface area contributed by atoms with Gasteiger partial charge >= 0.3 is 5.97 Å². The molecule has 0 aliphatic rings. The molecular weight excluding hydrogens is 299 g/mol. The average molecular weight is 311 g/mol. The van der Waals surface area contributed by atoms with Gasteiger partial charge in [0, 0.05) is 6.42 Å². The summed E-state index contributed by atoms with van der Waals surface area (Å²) >= 11 is 0. The fraction of sp³-hybridized carbons (Fsp3) is 0.364. The maximum absolute atomic E-state index is 13.3. The van der Waals surface area contributed by atoms with Gasteiger partial charge in [0.05, 0.1) is 18.6 Å². The van der Waals surface area contributed by atoms with Gasteiger partial charge in [0.15, 0.2) is 17.5 Å². The van der Waals surface area contributed by atoms with Crippen LogP contribution in [0.4, 0.5) is 18.9 Å². The molecule has 0 spiro atoms. The van der Waals surface area contributed by atoms with E-state index in [1.54, 1.807) is 4.72 Å². The maximum Gasteiger partial charge on any atom is 0.305 e. The minimum atomic E-state index is -3.98. The Balaban J connectivity index is 2.72. The zero-order chi connectivity index (χ0) is 15.3. The largest absolute Gasteiger partial charge is 0.469 e. The van der Waals surface area contributed by atoms with Crippen LogP contribution in [-0.4, -0.2) is 27.2 Å². The lowest BCUT2D eigenvalue weighted by molar-refractivity contribution is -0.140. The summed E-state index contributed by atoms with van der Waals surface area (Å²) in [6.45, 7) is 0. The van der Waals surface area contributed by atoms with Crippen LogP contribution in [-0.2, 0) is 19.6 Å². The van der Waals surface area contributed by atoms with Crippen molar-refractivity contribution in [1.82, 2.24) is 0 Å². The molecule has 1 aromatic rings. The van der Waals surface area contributed by atoms with Crippen LogP contribution >= 0.6 is 0 Å². The van der Waals surface area contributed by atoms with Crippen molar-refractivity contribution >= 4 is 21.7 Å². The summed E-state index contributed by atoms with van der Waals surface area (Å²) in [4.78, 5) is 10.8. The molecule has 1 N–H and O–H groups in total. The first-order valence-electron chi connectivity index (χ1n) is 5.47. The molecular formula is C11H12F3NO4S. The summed E-state index contributed by atoms with van der Waals surface area (Å²) in [6.07, 6.45) is -0.176. The van der Waals surface area contributed by atoms with Crippen molar-refractivity contribution in [3.8, 4) is 0 Å². The molecule has 0 aromatic heterocycles. The van der Waals surface area contributed by atoms with Crippen molar-refractivity contribution in [1.29, 1.82) is 0 Å². The predicted octanol–water partition coefficient (Wildman–Crippen LogP) is 1.80. The number of hydrogen-bond donors (Lipinski definition) is 1. The third-order valence-corrected chi connectivity index (χ3v) is 3.68. The Labute approximate surface area is 113 Å².